The van der Waals surface area contributed by atoms with Crippen molar-refractivity contribution in [1.29, 1.82) is 0 Å². The van der Waals surface area contributed by atoms with Crippen molar-refractivity contribution in [1.82, 2.24) is 0 Å². The van der Waals surface area contributed by atoms with Gasteiger partial charge in [-0.3, -0.25) is 0 Å². The van der Waals surface area contributed by atoms with Crippen molar-refractivity contribution < 1.29 is 0 Å². The summed E-state index contributed by atoms with van der Waals surface area (Å²) in [6, 6.07) is 15.9. The Morgan fingerprint density at radius 3 is 2.33 bits per heavy atom. The van der Waals surface area contributed by atoms with E-state index in [0.717, 1.165) is 18.4 Å². The lowest BCUT2D eigenvalue weighted by atomic mass is 10.00. The molecule has 0 amide bonds. The van der Waals surface area contributed by atoms with Crippen LogP contribution in [0, 0.1) is 0 Å². The Balaban J connectivity index is 1.99. The maximum absolute atomic E-state index is 6.16. The van der Waals surface area contributed by atoms with Gasteiger partial charge in [-0.05, 0) is 36.1 Å². The molecular formula is C15H15Cl2N. The monoisotopic (exact) mass is 279 g/mol. The van der Waals surface area contributed by atoms with E-state index in [4.69, 9.17) is 28.9 Å². The van der Waals surface area contributed by atoms with Crippen LogP contribution in [0.1, 0.15) is 23.6 Å². The van der Waals surface area contributed by atoms with Gasteiger partial charge in [-0.1, -0.05) is 59.6 Å². The average molecular weight is 280 g/mol. The second kappa shape index (κ2) is 6.24. The first-order chi connectivity index (χ1) is 8.66. The minimum absolute atomic E-state index is 0.0139. The largest absolute Gasteiger partial charge is 0.324 e. The molecule has 94 valence electrons. The zero-order chi connectivity index (χ0) is 13.0. The lowest BCUT2D eigenvalue weighted by molar-refractivity contribution is 0.651. The molecule has 1 atom stereocenters. The summed E-state index contributed by atoms with van der Waals surface area (Å²) in [5.41, 5.74) is 8.49. The predicted octanol–water partition coefficient (Wildman–Crippen LogP) is 4.63. The quantitative estimate of drug-likeness (QED) is 0.868. The second-order valence-corrected chi connectivity index (χ2v) is 5.12. The average Bonchev–Trinajstić information content (AvgIpc) is 2.40. The van der Waals surface area contributed by atoms with Crippen LogP contribution in [-0.2, 0) is 6.42 Å². The normalized spacial score (nSPS) is 12.4. The number of nitrogens with two attached hydrogens (primary N) is 1. The standard InChI is InChI=1S/C15H15Cl2N/c16-13-8-7-12(10-14(13)17)15(18)9-6-11-4-2-1-3-5-11/h1-5,7-8,10,15H,6,9,18H2/t15-/m0/s1. The number of hydrogen-bond donors (Lipinski definition) is 1. The molecule has 2 rings (SSSR count). The molecule has 0 bridgehead atoms. The highest BCUT2D eigenvalue weighted by molar-refractivity contribution is 6.42. The summed E-state index contributed by atoms with van der Waals surface area (Å²) in [7, 11) is 0. The highest BCUT2D eigenvalue weighted by Gasteiger charge is 2.08. The van der Waals surface area contributed by atoms with Crippen LogP contribution in [0.15, 0.2) is 48.5 Å². The van der Waals surface area contributed by atoms with Crippen molar-refractivity contribution >= 4 is 23.2 Å². The lowest BCUT2D eigenvalue weighted by Gasteiger charge is -2.12. The summed E-state index contributed by atoms with van der Waals surface area (Å²) in [5.74, 6) is 0. The minimum Gasteiger partial charge on any atom is -0.324 e. The van der Waals surface area contributed by atoms with Crippen molar-refractivity contribution in [2.24, 2.45) is 5.73 Å². The summed E-state index contributed by atoms with van der Waals surface area (Å²) < 4.78 is 0. The minimum atomic E-state index is -0.0139. The Hall–Kier alpha value is -1.02. The van der Waals surface area contributed by atoms with Crippen molar-refractivity contribution in [2.45, 2.75) is 18.9 Å². The van der Waals surface area contributed by atoms with Gasteiger partial charge in [-0.15, -0.1) is 0 Å². The van der Waals surface area contributed by atoms with Gasteiger partial charge >= 0.3 is 0 Å². The van der Waals surface area contributed by atoms with Crippen LogP contribution in [0.2, 0.25) is 10.0 Å². The van der Waals surface area contributed by atoms with Crippen LogP contribution in [0.3, 0.4) is 0 Å². The van der Waals surface area contributed by atoms with Crippen molar-refractivity contribution in [3.05, 3.63) is 69.7 Å². The summed E-state index contributed by atoms with van der Waals surface area (Å²) >= 11 is 11.9. The Labute approximate surface area is 118 Å². The van der Waals surface area contributed by atoms with Crippen LogP contribution in [0.25, 0.3) is 0 Å². The zero-order valence-corrected chi connectivity index (χ0v) is 11.5. The first kappa shape index (κ1) is 13.4. The van der Waals surface area contributed by atoms with Crippen molar-refractivity contribution in [3.63, 3.8) is 0 Å². The van der Waals surface area contributed by atoms with E-state index in [9.17, 15) is 0 Å². The van der Waals surface area contributed by atoms with Crippen LogP contribution in [0.4, 0.5) is 0 Å². The summed E-state index contributed by atoms with van der Waals surface area (Å²) in [5, 5.41) is 1.13. The van der Waals surface area contributed by atoms with E-state index in [-0.39, 0.29) is 6.04 Å². The number of benzene rings is 2. The molecule has 2 N–H and O–H groups in total. The highest BCUT2D eigenvalue weighted by Crippen LogP contribution is 2.26. The first-order valence-electron chi connectivity index (χ1n) is 5.91. The molecule has 0 unspecified atom stereocenters. The Bertz CT molecular complexity index is 511. The number of halogens is 2. The summed E-state index contributed by atoms with van der Waals surface area (Å²) in [6.45, 7) is 0. The first-order valence-corrected chi connectivity index (χ1v) is 6.67. The molecule has 0 spiro atoms. The smallest absolute Gasteiger partial charge is 0.0595 e. The molecule has 0 saturated carbocycles. The van der Waals surface area contributed by atoms with Gasteiger partial charge in [-0.2, -0.15) is 0 Å². The van der Waals surface area contributed by atoms with Gasteiger partial charge in [0, 0.05) is 6.04 Å². The molecule has 1 nitrogen and oxygen atoms in total. The third-order valence-electron chi connectivity index (χ3n) is 2.96. The van der Waals surface area contributed by atoms with Crippen molar-refractivity contribution in [2.75, 3.05) is 0 Å². The summed E-state index contributed by atoms with van der Waals surface area (Å²) in [6.07, 6.45) is 1.85. The molecule has 0 aliphatic heterocycles. The van der Waals surface area contributed by atoms with Crippen LogP contribution in [-0.4, -0.2) is 0 Å². The maximum atomic E-state index is 6.16. The van der Waals surface area contributed by atoms with Crippen LogP contribution in [0.5, 0.6) is 0 Å². The second-order valence-electron chi connectivity index (χ2n) is 4.30. The molecular weight excluding hydrogens is 265 g/mol. The molecule has 0 aliphatic rings. The van der Waals surface area contributed by atoms with Gasteiger partial charge in [0.25, 0.3) is 0 Å². The fourth-order valence-electron chi connectivity index (χ4n) is 1.88. The maximum Gasteiger partial charge on any atom is 0.0595 e. The fraction of sp³-hybridized carbons (Fsp3) is 0.200. The zero-order valence-electron chi connectivity index (χ0n) is 9.94. The molecule has 0 aliphatic carbocycles. The van der Waals surface area contributed by atoms with E-state index in [1.54, 1.807) is 6.07 Å². The van der Waals surface area contributed by atoms with E-state index in [1.807, 2.05) is 30.3 Å². The Morgan fingerprint density at radius 2 is 1.67 bits per heavy atom. The third kappa shape index (κ3) is 3.49. The molecule has 2 aromatic rings. The van der Waals surface area contributed by atoms with Gasteiger partial charge < -0.3 is 5.73 Å². The molecule has 0 saturated heterocycles. The molecule has 3 heteroatoms. The highest BCUT2D eigenvalue weighted by atomic mass is 35.5. The lowest BCUT2D eigenvalue weighted by Crippen LogP contribution is -2.11. The van der Waals surface area contributed by atoms with E-state index in [0.29, 0.717) is 10.0 Å². The molecule has 2 aromatic carbocycles. The van der Waals surface area contributed by atoms with Crippen LogP contribution < -0.4 is 5.73 Å². The molecule has 0 aromatic heterocycles. The van der Waals surface area contributed by atoms with E-state index >= 15 is 0 Å². The van der Waals surface area contributed by atoms with Crippen LogP contribution >= 0.6 is 23.2 Å². The third-order valence-corrected chi connectivity index (χ3v) is 3.70. The van der Waals surface area contributed by atoms with E-state index in [1.165, 1.54) is 5.56 Å². The van der Waals surface area contributed by atoms with Gasteiger partial charge in [-0.25, -0.2) is 0 Å². The van der Waals surface area contributed by atoms with Gasteiger partial charge in [0.15, 0.2) is 0 Å². The van der Waals surface area contributed by atoms with E-state index in [2.05, 4.69) is 12.1 Å². The number of hydrogen-bond acceptors (Lipinski definition) is 1. The topological polar surface area (TPSA) is 26.0 Å². The molecule has 0 radical (unpaired) electrons. The molecule has 0 fully saturated rings. The number of rotatable bonds is 4. The van der Waals surface area contributed by atoms with E-state index < -0.39 is 0 Å². The Kier molecular flexibility index (Phi) is 4.65. The van der Waals surface area contributed by atoms with Gasteiger partial charge in [0.05, 0.1) is 10.0 Å². The Morgan fingerprint density at radius 1 is 0.944 bits per heavy atom. The summed E-state index contributed by atoms with van der Waals surface area (Å²) in [4.78, 5) is 0. The number of aryl methyl sites for hydroxylation is 1. The van der Waals surface area contributed by atoms with Gasteiger partial charge in [0.1, 0.15) is 0 Å². The fourth-order valence-corrected chi connectivity index (χ4v) is 2.18. The SMILES string of the molecule is N[C@@H](CCc1ccccc1)c1ccc(Cl)c(Cl)c1. The predicted molar refractivity (Wildman–Crippen MR) is 78.2 cm³/mol. The molecule has 0 heterocycles. The molecule has 18 heavy (non-hydrogen) atoms. The van der Waals surface area contributed by atoms with Gasteiger partial charge in [0.2, 0.25) is 0 Å². The van der Waals surface area contributed by atoms with Crippen molar-refractivity contribution in [3.8, 4) is 0 Å².